The highest BCUT2D eigenvalue weighted by molar-refractivity contribution is 6.33. The van der Waals surface area contributed by atoms with Crippen LogP contribution in [-0.4, -0.2) is 61.5 Å². The highest BCUT2D eigenvalue weighted by Gasteiger charge is 2.28. The zero-order valence-electron chi connectivity index (χ0n) is 19.5. The van der Waals surface area contributed by atoms with E-state index in [1.807, 2.05) is 24.3 Å². The summed E-state index contributed by atoms with van der Waals surface area (Å²) in [7, 11) is 0. The first-order chi connectivity index (χ1) is 18.0. The molecular weight excluding hydrogens is 494 g/mol. The predicted octanol–water partition coefficient (Wildman–Crippen LogP) is 4.47. The van der Waals surface area contributed by atoms with Crippen molar-refractivity contribution in [3.63, 3.8) is 0 Å². The van der Waals surface area contributed by atoms with Crippen LogP contribution in [0.3, 0.4) is 0 Å². The van der Waals surface area contributed by atoms with Crippen molar-refractivity contribution in [3.05, 3.63) is 93.5 Å². The van der Waals surface area contributed by atoms with Gasteiger partial charge < -0.3 is 9.80 Å². The van der Waals surface area contributed by atoms with Crippen LogP contribution < -0.4 is 4.90 Å². The first kappa shape index (κ1) is 22.9. The fraction of sp³-hybridized carbons (Fsp3) is 0.154. The highest BCUT2D eigenvalue weighted by Crippen LogP contribution is 2.33. The molecule has 0 atom stereocenters. The van der Waals surface area contributed by atoms with Gasteiger partial charge in [0, 0.05) is 37.6 Å². The molecule has 37 heavy (non-hydrogen) atoms. The zero-order valence-corrected chi connectivity index (χ0v) is 20.2. The molecule has 184 valence electrons. The van der Waals surface area contributed by atoms with Gasteiger partial charge in [0.2, 0.25) is 5.95 Å². The Morgan fingerprint density at radius 1 is 0.892 bits per heavy atom. The van der Waals surface area contributed by atoms with Crippen LogP contribution in [0.2, 0.25) is 5.02 Å². The fourth-order valence-corrected chi connectivity index (χ4v) is 4.91. The number of benzene rings is 3. The number of carbonyl (C=O) groups excluding carboxylic acids is 1. The average molecular weight is 514 g/mol. The number of rotatable bonds is 4. The number of nitro benzene ring substituents is 1. The Labute approximate surface area is 215 Å². The summed E-state index contributed by atoms with van der Waals surface area (Å²) in [5.41, 5.74) is 2.06. The maximum absolute atomic E-state index is 13.1. The third-order valence-corrected chi connectivity index (χ3v) is 6.85. The van der Waals surface area contributed by atoms with Crippen molar-refractivity contribution < 1.29 is 9.72 Å². The van der Waals surface area contributed by atoms with E-state index in [2.05, 4.69) is 15.1 Å². The van der Waals surface area contributed by atoms with Crippen LogP contribution in [-0.2, 0) is 0 Å². The molecule has 1 aliphatic rings. The molecule has 3 heterocycles. The van der Waals surface area contributed by atoms with E-state index in [4.69, 9.17) is 16.6 Å². The van der Waals surface area contributed by atoms with Crippen LogP contribution in [0.15, 0.2) is 72.8 Å². The van der Waals surface area contributed by atoms with Gasteiger partial charge >= 0.3 is 0 Å². The molecule has 1 aliphatic heterocycles. The van der Waals surface area contributed by atoms with Crippen molar-refractivity contribution in [2.24, 2.45) is 0 Å². The van der Waals surface area contributed by atoms with E-state index in [9.17, 15) is 14.9 Å². The van der Waals surface area contributed by atoms with Crippen LogP contribution in [0.5, 0.6) is 0 Å². The number of carbonyl (C=O) groups is 1. The third kappa shape index (κ3) is 3.91. The van der Waals surface area contributed by atoms with E-state index in [-0.39, 0.29) is 11.6 Å². The maximum Gasteiger partial charge on any atom is 0.280 e. The Bertz CT molecular complexity index is 1680. The minimum atomic E-state index is -0.427. The molecule has 1 fully saturated rings. The standard InChI is InChI=1S/C26H20ClN7O3/c27-20-10-4-1-7-17(20)25(35)31-13-15-32(16-14-31)26-28-21-11-5-2-8-18(21)23-29-30-24(33(23)26)19-9-3-6-12-22(19)34(36)37/h1-12H,13-16H2. The van der Waals surface area contributed by atoms with Crippen molar-refractivity contribution in [2.45, 2.75) is 0 Å². The molecule has 0 bridgehead atoms. The second-order valence-electron chi connectivity index (χ2n) is 8.64. The lowest BCUT2D eigenvalue weighted by molar-refractivity contribution is -0.384. The van der Waals surface area contributed by atoms with Gasteiger partial charge in [-0.15, -0.1) is 10.2 Å². The number of nitrogens with zero attached hydrogens (tertiary/aromatic N) is 7. The Balaban J connectivity index is 1.42. The molecule has 0 saturated carbocycles. The van der Waals surface area contributed by atoms with Gasteiger partial charge in [0.25, 0.3) is 11.6 Å². The molecule has 10 nitrogen and oxygen atoms in total. The molecule has 5 aromatic rings. The molecule has 0 unspecified atom stereocenters. The molecular formula is C26H20ClN7O3. The first-order valence-corrected chi connectivity index (χ1v) is 12.1. The van der Waals surface area contributed by atoms with E-state index < -0.39 is 4.92 Å². The first-order valence-electron chi connectivity index (χ1n) is 11.7. The third-order valence-electron chi connectivity index (χ3n) is 6.52. The second-order valence-corrected chi connectivity index (χ2v) is 9.05. The van der Waals surface area contributed by atoms with Crippen molar-refractivity contribution in [3.8, 4) is 11.4 Å². The monoisotopic (exact) mass is 513 g/mol. The predicted molar refractivity (Wildman–Crippen MR) is 140 cm³/mol. The Morgan fingerprint density at radius 2 is 1.59 bits per heavy atom. The van der Waals surface area contributed by atoms with Crippen LogP contribution in [0.1, 0.15) is 10.4 Å². The number of hydrogen-bond acceptors (Lipinski definition) is 7. The number of fused-ring (bicyclic) bond motifs is 3. The minimum Gasteiger partial charge on any atom is -0.338 e. The molecule has 6 rings (SSSR count). The molecule has 0 N–H and O–H groups in total. The van der Waals surface area contributed by atoms with E-state index >= 15 is 0 Å². The van der Waals surface area contributed by atoms with Gasteiger partial charge in [-0.1, -0.05) is 48.0 Å². The largest absolute Gasteiger partial charge is 0.338 e. The quantitative estimate of drug-likeness (QED) is 0.257. The fourth-order valence-electron chi connectivity index (χ4n) is 4.69. The lowest BCUT2D eigenvalue weighted by Gasteiger charge is -2.35. The SMILES string of the molecule is O=C(c1ccccc1Cl)N1CCN(c2nc3ccccc3c3nnc(-c4ccccc4[N+](=O)[O-])n23)CC1. The van der Waals surface area contributed by atoms with Crippen LogP contribution in [0.25, 0.3) is 27.9 Å². The van der Waals surface area contributed by atoms with E-state index in [0.717, 1.165) is 10.9 Å². The van der Waals surface area contributed by atoms with Crippen LogP contribution in [0, 0.1) is 10.1 Å². The second kappa shape index (κ2) is 9.14. The summed E-state index contributed by atoms with van der Waals surface area (Å²) >= 11 is 6.25. The minimum absolute atomic E-state index is 0.0638. The van der Waals surface area contributed by atoms with E-state index in [0.29, 0.717) is 59.7 Å². The molecule has 11 heteroatoms. The zero-order chi connectivity index (χ0) is 25.5. The van der Waals surface area contributed by atoms with Gasteiger partial charge in [-0.2, -0.15) is 0 Å². The summed E-state index contributed by atoms with van der Waals surface area (Å²) < 4.78 is 1.77. The maximum atomic E-state index is 13.1. The Kier molecular flexibility index (Phi) is 5.65. The highest BCUT2D eigenvalue weighted by atomic mass is 35.5. The number of nitro groups is 1. The van der Waals surface area contributed by atoms with E-state index in [1.54, 1.807) is 51.8 Å². The number of halogens is 1. The number of aromatic nitrogens is 4. The number of amides is 1. The summed E-state index contributed by atoms with van der Waals surface area (Å²) in [6.07, 6.45) is 0. The summed E-state index contributed by atoms with van der Waals surface area (Å²) in [6, 6.07) is 21.1. The van der Waals surface area contributed by atoms with E-state index in [1.165, 1.54) is 6.07 Å². The van der Waals surface area contributed by atoms with Gasteiger partial charge in [-0.25, -0.2) is 9.38 Å². The smallest absolute Gasteiger partial charge is 0.280 e. The lowest BCUT2D eigenvalue weighted by Crippen LogP contribution is -2.49. The lowest BCUT2D eigenvalue weighted by atomic mass is 10.1. The molecule has 1 amide bonds. The van der Waals surface area contributed by atoms with Crippen LogP contribution >= 0.6 is 11.6 Å². The number of para-hydroxylation sites is 2. The van der Waals surface area contributed by atoms with Crippen molar-refractivity contribution >= 4 is 45.7 Å². The average Bonchev–Trinajstić information content (AvgIpc) is 3.38. The number of anilines is 1. The topological polar surface area (TPSA) is 110 Å². The van der Waals surface area contributed by atoms with Crippen LogP contribution in [0.4, 0.5) is 11.6 Å². The summed E-state index contributed by atoms with van der Waals surface area (Å²) in [5, 5.41) is 21.8. The summed E-state index contributed by atoms with van der Waals surface area (Å²) in [6.45, 7) is 1.93. The summed E-state index contributed by atoms with van der Waals surface area (Å²) in [4.78, 5) is 33.1. The number of piperazine rings is 1. The van der Waals surface area contributed by atoms with Crippen molar-refractivity contribution in [1.29, 1.82) is 0 Å². The molecule has 0 aliphatic carbocycles. The number of hydrogen-bond donors (Lipinski definition) is 0. The van der Waals surface area contributed by atoms with Gasteiger partial charge in [0.15, 0.2) is 11.5 Å². The molecule has 3 aromatic carbocycles. The summed E-state index contributed by atoms with van der Waals surface area (Å²) in [5.74, 6) is 0.786. The Morgan fingerprint density at radius 3 is 2.38 bits per heavy atom. The Hall–Kier alpha value is -4.57. The molecule has 0 spiro atoms. The van der Waals surface area contributed by atoms with Crippen molar-refractivity contribution in [2.75, 3.05) is 31.1 Å². The van der Waals surface area contributed by atoms with Gasteiger partial charge in [-0.05, 0) is 30.3 Å². The van der Waals surface area contributed by atoms with Crippen molar-refractivity contribution in [1.82, 2.24) is 24.5 Å². The van der Waals surface area contributed by atoms with Gasteiger partial charge in [-0.3, -0.25) is 14.9 Å². The van der Waals surface area contributed by atoms with Gasteiger partial charge in [0.1, 0.15) is 0 Å². The molecule has 1 saturated heterocycles. The molecule has 2 aromatic heterocycles. The normalized spacial score (nSPS) is 13.9. The molecule has 0 radical (unpaired) electrons. The van der Waals surface area contributed by atoms with Gasteiger partial charge in [0.05, 0.1) is 26.6 Å².